The van der Waals surface area contributed by atoms with E-state index >= 15 is 0 Å². The minimum atomic E-state index is -0.154. The topological polar surface area (TPSA) is 28.7 Å². The molecule has 0 bridgehead atoms. The minimum absolute atomic E-state index is 0.0636. The van der Waals surface area contributed by atoms with Crippen LogP contribution in [0.15, 0.2) is 36.8 Å². The Bertz CT molecular complexity index is 423. The predicted molar refractivity (Wildman–Crippen MR) is 57.1 cm³/mol. The van der Waals surface area contributed by atoms with Gasteiger partial charge in [-0.15, -0.1) is 0 Å². The summed E-state index contributed by atoms with van der Waals surface area (Å²) in [7, 11) is 0. The van der Waals surface area contributed by atoms with Gasteiger partial charge in [0.15, 0.2) is 0 Å². The highest BCUT2D eigenvalue weighted by Crippen LogP contribution is 2.27. The highest BCUT2D eigenvalue weighted by molar-refractivity contribution is 5.28. The van der Waals surface area contributed by atoms with Crippen LogP contribution in [0.5, 0.6) is 0 Å². The molecule has 2 nitrogen and oxygen atoms in total. The van der Waals surface area contributed by atoms with Crippen LogP contribution in [0.4, 0.5) is 4.39 Å². The Kier molecular flexibility index (Phi) is 2.81. The summed E-state index contributed by atoms with van der Waals surface area (Å²) in [5.74, 6) is -0.0901. The Hall–Kier alpha value is -1.64. The number of nitrogens with one attached hydrogen (secondary N) is 1. The van der Waals surface area contributed by atoms with Gasteiger partial charge in [0.2, 0.25) is 0 Å². The van der Waals surface area contributed by atoms with E-state index in [0.717, 1.165) is 17.7 Å². The molecular weight excluding hydrogens is 191 g/mol. The van der Waals surface area contributed by atoms with Crippen LogP contribution in [0.3, 0.4) is 0 Å². The van der Waals surface area contributed by atoms with E-state index in [9.17, 15) is 4.39 Å². The Balaban J connectivity index is 2.40. The van der Waals surface area contributed by atoms with Crippen molar-refractivity contribution in [3.8, 4) is 0 Å². The third kappa shape index (κ3) is 1.91. The second kappa shape index (κ2) is 4.26. The zero-order valence-electron chi connectivity index (χ0n) is 8.57. The average molecular weight is 204 g/mol. The van der Waals surface area contributed by atoms with Crippen LogP contribution in [0.25, 0.3) is 0 Å². The monoisotopic (exact) mass is 204 g/mol. The first-order valence-electron chi connectivity index (χ1n) is 5.05. The Labute approximate surface area is 88.2 Å². The highest BCUT2D eigenvalue weighted by Gasteiger charge is 2.16. The molecule has 0 aliphatic rings. The van der Waals surface area contributed by atoms with E-state index in [1.807, 2.05) is 19.1 Å². The summed E-state index contributed by atoms with van der Waals surface area (Å²) in [6, 6.07) is 6.88. The molecule has 0 fully saturated rings. The van der Waals surface area contributed by atoms with Crippen molar-refractivity contribution in [3.05, 3.63) is 53.9 Å². The molecule has 78 valence electrons. The molecule has 1 aromatic heterocycles. The SMILES string of the molecule is CCC(c1cnc[nH]1)c1ccccc1F. The molecule has 1 heterocycles. The van der Waals surface area contributed by atoms with E-state index in [4.69, 9.17) is 0 Å². The average Bonchev–Trinajstić information content (AvgIpc) is 2.75. The van der Waals surface area contributed by atoms with Gasteiger partial charge >= 0.3 is 0 Å². The van der Waals surface area contributed by atoms with Gasteiger partial charge in [0, 0.05) is 17.8 Å². The van der Waals surface area contributed by atoms with Crippen LogP contribution in [-0.2, 0) is 0 Å². The maximum Gasteiger partial charge on any atom is 0.127 e. The fraction of sp³-hybridized carbons (Fsp3) is 0.250. The Morgan fingerprint density at radius 3 is 2.80 bits per heavy atom. The van der Waals surface area contributed by atoms with Crippen LogP contribution in [0, 0.1) is 5.82 Å². The second-order valence-electron chi connectivity index (χ2n) is 3.49. The molecule has 0 saturated carbocycles. The van der Waals surface area contributed by atoms with E-state index in [2.05, 4.69) is 9.97 Å². The van der Waals surface area contributed by atoms with Crippen molar-refractivity contribution in [2.75, 3.05) is 0 Å². The van der Waals surface area contributed by atoms with Gasteiger partial charge in [0.05, 0.1) is 6.33 Å². The van der Waals surface area contributed by atoms with Crippen molar-refractivity contribution in [1.82, 2.24) is 9.97 Å². The number of hydrogen-bond donors (Lipinski definition) is 1. The maximum atomic E-state index is 13.6. The van der Waals surface area contributed by atoms with Gasteiger partial charge in [0.1, 0.15) is 5.82 Å². The molecule has 15 heavy (non-hydrogen) atoms. The van der Waals surface area contributed by atoms with Gasteiger partial charge in [-0.2, -0.15) is 0 Å². The summed E-state index contributed by atoms with van der Waals surface area (Å²) in [4.78, 5) is 7.00. The Morgan fingerprint density at radius 1 is 1.40 bits per heavy atom. The molecule has 1 atom stereocenters. The molecule has 0 aliphatic heterocycles. The number of rotatable bonds is 3. The third-order valence-electron chi connectivity index (χ3n) is 2.58. The second-order valence-corrected chi connectivity index (χ2v) is 3.49. The van der Waals surface area contributed by atoms with E-state index in [-0.39, 0.29) is 11.7 Å². The fourth-order valence-corrected chi connectivity index (χ4v) is 1.82. The summed E-state index contributed by atoms with van der Waals surface area (Å²) < 4.78 is 13.6. The van der Waals surface area contributed by atoms with Crippen molar-refractivity contribution < 1.29 is 4.39 Å². The van der Waals surface area contributed by atoms with E-state index in [0.29, 0.717) is 0 Å². The quantitative estimate of drug-likeness (QED) is 0.817. The fourth-order valence-electron chi connectivity index (χ4n) is 1.82. The van der Waals surface area contributed by atoms with Crippen LogP contribution in [-0.4, -0.2) is 9.97 Å². The van der Waals surface area contributed by atoms with Crippen LogP contribution in [0.1, 0.15) is 30.5 Å². The molecule has 1 unspecified atom stereocenters. The van der Waals surface area contributed by atoms with Gasteiger partial charge < -0.3 is 4.98 Å². The molecular formula is C12H13FN2. The van der Waals surface area contributed by atoms with Gasteiger partial charge in [-0.05, 0) is 18.1 Å². The molecule has 0 spiro atoms. The van der Waals surface area contributed by atoms with Crippen LogP contribution in [0.2, 0.25) is 0 Å². The number of hydrogen-bond acceptors (Lipinski definition) is 1. The summed E-state index contributed by atoms with van der Waals surface area (Å²) in [5, 5.41) is 0. The van der Waals surface area contributed by atoms with E-state index in [1.54, 1.807) is 18.6 Å². The van der Waals surface area contributed by atoms with Crippen molar-refractivity contribution in [2.45, 2.75) is 19.3 Å². The summed E-state index contributed by atoms with van der Waals surface area (Å²) in [6.45, 7) is 2.04. The molecule has 2 aromatic rings. The lowest BCUT2D eigenvalue weighted by Crippen LogP contribution is -2.02. The molecule has 1 N–H and O–H groups in total. The largest absolute Gasteiger partial charge is 0.348 e. The normalized spacial score (nSPS) is 12.7. The number of benzene rings is 1. The summed E-state index contributed by atoms with van der Waals surface area (Å²) in [6.07, 6.45) is 4.22. The molecule has 0 radical (unpaired) electrons. The van der Waals surface area contributed by atoms with Crippen LogP contribution < -0.4 is 0 Å². The first-order chi connectivity index (χ1) is 7.33. The van der Waals surface area contributed by atoms with Crippen molar-refractivity contribution in [2.24, 2.45) is 0 Å². The maximum absolute atomic E-state index is 13.6. The molecule has 0 aliphatic carbocycles. The number of aromatic nitrogens is 2. The number of H-pyrrole nitrogens is 1. The lowest BCUT2D eigenvalue weighted by Gasteiger charge is -2.13. The van der Waals surface area contributed by atoms with Gasteiger partial charge in [-0.3, -0.25) is 0 Å². The van der Waals surface area contributed by atoms with Crippen LogP contribution >= 0.6 is 0 Å². The van der Waals surface area contributed by atoms with Crippen molar-refractivity contribution in [1.29, 1.82) is 0 Å². The number of imidazole rings is 1. The van der Waals surface area contributed by atoms with Gasteiger partial charge in [-0.1, -0.05) is 25.1 Å². The van der Waals surface area contributed by atoms with Crippen molar-refractivity contribution >= 4 is 0 Å². The molecule has 0 amide bonds. The lowest BCUT2D eigenvalue weighted by molar-refractivity contribution is 0.589. The molecule has 3 heteroatoms. The van der Waals surface area contributed by atoms with E-state index in [1.165, 1.54) is 6.07 Å². The third-order valence-corrected chi connectivity index (χ3v) is 2.58. The zero-order chi connectivity index (χ0) is 10.7. The molecule has 1 aromatic carbocycles. The van der Waals surface area contributed by atoms with Gasteiger partial charge in [0.25, 0.3) is 0 Å². The number of halogens is 1. The minimum Gasteiger partial charge on any atom is -0.348 e. The predicted octanol–water partition coefficient (Wildman–Crippen LogP) is 3.09. The Morgan fingerprint density at radius 2 is 2.20 bits per heavy atom. The summed E-state index contributed by atoms with van der Waals surface area (Å²) in [5.41, 5.74) is 1.69. The zero-order valence-corrected chi connectivity index (χ0v) is 8.57. The van der Waals surface area contributed by atoms with Crippen molar-refractivity contribution in [3.63, 3.8) is 0 Å². The van der Waals surface area contributed by atoms with Gasteiger partial charge in [-0.25, -0.2) is 9.37 Å². The van der Waals surface area contributed by atoms with E-state index < -0.39 is 0 Å². The number of nitrogens with zero attached hydrogens (tertiary/aromatic N) is 1. The standard InChI is InChI=1S/C12H13FN2/c1-2-9(12-7-14-8-15-12)10-5-3-4-6-11(10)13/h3-9H,2H2,1H3,(H,14,15). The number of aromatic amines is 1. The lowest BCUT2D eigenvalue weighted by atomic mass is 9.93. The molecule has 0 saturated heterocycles. The first kappa shape index (κ1) is 9.90. The molecule has 2 rings (SSSR count). The summed E-state index contributed by atoms with van der Waals surface area (Å²) >= 11 is 0. The smallest absolute Gasteiger partial charge is 0.127 e. The highest BCUT2D eigenvalue weighted by atomic mass is 19.1. The first-order valence-corrected chi connectivity index (χ1v) is 5.05.